The molecular weight excluding hydrogens is 330 g/mol. The molecule has 0 radical (unpaired) electrons. The van der Waals surface area contributed by atoms with Crippen LogP contribution < -0.4 is 10.1 Å². The topological polar surface area (TPSA) is 38.3 Å². The van der Waals surface area contributed by atoms with Crippen molar-refractivity contribution < 1.29 is 9.53 Å². The van der Waals surface area contributed by atoms with Gasteiger partial charge in [-0.25, -0.2) is 0 Å². The zero-order chi connectivity index (χ0) is 15.2. The quantitative estimate of drug-likeness (QED) is 0.894. The Morgan fingerprint density at radius 3 is 2.76 bits per heavy atom. The van der Waals surface area contributed by atoms with Gasteiger partial charge in [-0.3, -0.25) is 4.79 Å². The Balaban J connectivity index is 1.92. The average molecular weight is 348 g/mol. The highest BCUT2D eigenvalue weighted by Crippen LogP contribution is 2.15. The van der Waals surface area contributed by atoms with Crippen LogP contribution >= 0.6 is 15.9 Å². The van der Waals surface area contributed by atoms with E-state index in [0.717, 1.165) is 27.8 Å². The Bertz CT molecular complexity index is 620. The molecule has 0 spiro atoms. The summed E-state index contributed by atoms with van der Waals surface area (Å²) in [6, 6.07) is 13.6. The molecule has 21 heavy (non-hydrogen) atoms. The van der Waals surface area contributed by atoms with E-state index in [9.17, 15) is 4.79 Å². The molecule has 0 saturated heterocycles. The fourth-order valence-electron chi connectivity index (χ4n) is 2.12. The van der Waals surface area contributed by atoms with Crippen molar-refractivity contribution in [2.24, 2.45) is 0 Å². The van der Waals surface area contributed by atoms with E-state index in [2.05, 4.69) is 21.2 Å². The molecule has 0 aliphatic rings. The lowest BCUT2D eigenvalue weighted by molar-refractivity contribution is 0.0954. The van der Waals surface area contributed by atoms with Crippen LogP contribution in [0.2, 0.25) is 0 Å². The van der Waals surface area contributed by atoms with Crippen LogP contribution in [0.5, 0.6) is 5.75 Å². The van der Waals surface area contributed by atoms with Crippen molar-refractivity contribution in [1.82, 2.24) is 5.32 Å². The van der Waals surface area contributed by atoms with Gasteiger partial charge in [-0.1, -0.05) is 28.1 Å². The van der Waals surface area contributed by atoms with Gasteiger partial charge in [-0.2, -0.15) is 0 Å². The molecule has 0 aliphatic heterocycles. The summed E-state index contributed by atoms with van der Waals surface area (Å²) >= 11 is 3.41. The summed E-state index contributed by atoms with van der Waals surface area (Å²) in [4.78, 5) is 12.1. The lowest BCUT2D eigenvalue weighted by Gasteiger charge is -2.08. The number of halogens is 1. The highest BCUT2D eigenvalue weighted by Gasteiger charge is 2.06. The third kappa shape index (κ3) is 4.60. The van der Waals surface area contributed by atoms with E-state index in [1.807, 2.05) is 49.4 Å². The van der Waals surface area contributed by atoms with Gasteiger partial charge in [0, 0.05) is 16.6 Å². The van der Waals surface area contributed by atoms with E-state index in [0.29, 0.717) is 12.1 Å². The predicted octanol–water partition coefficient (Wildman–Crippen LogP) is 3.74. The Hall–Kier alpha value is -1.81. The van der Waals surface area contributed by atoms with Crippen LogP contribution in [0.15, 0.2) is 46.9 Å². The maximum absolute atomic E-state index is 12.1. The van der Waals surface area contributed by atoms with Crippen molar-refractivity contribution in [3.63, 3.8) is 0 Å². The minimum Gasteiger partial charge on any atom is -0.497 e. The predicted molar refractivity (Wildman–Crippen MR) is 87.9 cm³/mol. The summed E-state index contributed by atoms with van der Waals surface area (Å²) < 4.78 is 6.10. The first-order valence-corrected chi connectivity index (χ1v) is 7.56. The Morgan fingerprint density at radius 2 is 2.05 bits per heavy atom. The summed E-state index contributed by atoms with van der Waals surface area (Å²) in [6.45, 7) is 2.56. The van der Waals surface area contributed by atoms with Gasteiger partial charge in [0.2, 0.25) is 0 Å². The average Bonchev–Trinajstić information content (AvgIpc) is 2.46. The molecule has 2 aromatic carbocycles. The van der Waals surface area contributed by atoms with Crippen LogP contribution in [0, 0.1) is 6.92 Å². The zero-order valence-electron chi connectivity index (χ0n) is 12.2. The SMILES string of the molecule is COc1cccc(CCNC(=O)c2cc(C)cc(Br)c2)c1. The van der Waals surface area contributed by atoms with Crippen molar-refractivity contribution in [3.05, 3.63) is 63.6 Å². The molecule has 0 saturated carbocycles. The molecule has 0 fully saturated rings. The number of methoxy groups -OCH3 is 1. The van der Waals surface area contributed by atoms with E-state index >= 15 is 0 Å². The second-order valence-corrected chi connectivity index (χ2v) is 5.79. The molecule has 0 aromatic heterocycles. The second kappa shape index (κ2) is 7.27. The van der Waals surface area contributed by atoms with Crippen LogP contribution in [-0.2, 0) is 6.42 Å². The van der Waals surface area contributed by atoms with Gasteiger partial charge < -0.3 is 10.1 Å². The Labute approximate surface area is 133 Å². The molecule has 0 atom stereocenters. The molecule has 3 nitrogen and oxygen atoms in total. The summed E-state index contributed by atoms with van der Waals surface area (Å²) in [5, 5.41) is 2.94. The molecular formula is C17H18BrNO2. The van der Waals surface area contributed by atoms with Crippen LogP contribution in [0.3, 0.4) is 0 Å². The molecule has 110 valence electrons. The lowest BCUT2D eigenvalue weighted by Crippen LogP contribution is -2.25. The van der Waals surface area contributed by atoms with Crippen molar-refractivity contribution in [3.8, 4) is 5.75 Å². The van der Waals surface area contributed by atoms with Crippen LogP contribution in [0.1, 0.15) is 21.5 Å². The molecule has 1 amide bonds. The third-order valence-corrected chi connectivity index (χ3v) is 3.60. The second-order valence-electron chi connectivity index (χ2n) is 4.87. The summed E-state index contributed by atoms with van der Waals surface area (Å²) in [7, 11) is 1.65. The maximum Gasteiger partial charge on any atom is 0.251 e. The van der Waals surface area contributed by atoms with E-state index in [-0.39, 0.29) is 5.91 Å². The van der Waals surface area contributed by atoms with Crippen molar-refractivity contribution in [1.29, 1.82) is 0 Å². The van der Waals surface area contributed by atoms with Crippen LogP contribution in [-0.4, -0.2) is 19.6 Å². The number of ether oxygens (including phenoxy) is 1. The molecule has 0 bridgehead atoms. The molecule has 0 heterocycles. The number of carbonyl (C=O) groups excluding carboxylic acids is 1. The van der Waals surface area contributed by atoms with Crippen molar-refractivity contribution in [2.45, 2.75) is 13.3 Å². The monoisotopic (exact) mass is 347 g/mol. The van der Waals surface area contributed by atoms with Gasteiger partial charge in [0.1, 0.15) is 5.75 Å². The van der Waals surface area contributed by atoms with Crippen LogP contribution in [0.25, 0.3) is 0 Å². The van der Waals surface area contributed by atoms with E-state index in [1.165, 1.54) is 0 Å². The Morgan fingerprint density at radius 1 is 1.24 bits per heavy atom. The van der Waals surface area contributed by atoms with Gasteiger partial charge in [-0.05, 0) is 54.8 Å². The zero-order valence-corrected chi connectivity index (χ0v) is 13.7. The van der Waals surface area contributed by atoms with Gasteiger partial charge in [0.05, 0.1) is 7.11 Å². The summed E-state index contributed by atoms with van der Waals surface area (Å²) in [5.41, 5.74) is 2.87. The number of hydrogen-bond donors (Lipinski definition) is 1. The normalized spacial score (nSPS) is 10.2. The minimum atomic E-state index is -0.0534. The molecule has 2 rings (SSSR count). The number of carbonyl (C=O) groups is 1. The highest BCUT2D eigenvalue weighted by atomic mass is 79.9. The minimum absolute atomic E-state index is 0.0534. The first kappa shape index (κ1) is 15.6. The molecule has 0 unspecified atom stereocenters. The van der Waals surface area contributed by atoms with Crippen LogP contribution in [0.4, 0.5) is 0 Å². The van der Waals surface area contributed by atoms with Gasteiger partial charge in [0.15, 0.2) is 0 Å². The van der Waals surface area contributed by atoms with E-state index in [1.54, 1.807) is 7.11 Å². The van der Waals surface area contributed by atoms with E-state index in [4.69, 9.17) is 4.74 Å². The number of amides is 1. The fraction of sp³-hybridized carbons (Fsp3) is 0.235. The number of nitrogens with one attached hydrogen (secondary N) is 1. The number of aryl methyl sites for hydroxylation is 1. The lowest BCUT2D eigenvalue weighted by atomic mass is 10.1. The molecule has 2 aromatic rings. The summed E-state index contributed by atoms with van der Waals surface area (Å²) in [6.07, 6.45) is 0.774. The number of hydrogen-bond acceptors (Lipinski definition) is 2. The van der Waals surface area contributed by atoms with Gasteiger partial charge >= 0.3 is 0 Å². The van der Waals surface area contributed by atoms with Gasteiger partial charge in [-0.15, -0.1) is 0 Å². The standard InChI is InChI=1S/C17H18BrNO2/c1-12-8-14(11-15(18)9-12)17(20)19-7-6-13-4-3-5-16(10-13)21-2/h3-5,8-11H,6-7H2,1-2H3,(H,19,20). The summed E-state index contributed by atoms with van der Waals surface area (Å²) in [5.74, 6) is 0.781. The van der Waals surface area contributed by atoms with Crippen molar-refractivity contribution in [2.75, 3.05) is 13.7 Å². The number of rotatable bonds is 5. The third-order valence-electron chi connectivity index (χ3n) is 3.14. The van der Waals surface area contributed by atoms with E-state index < -0.39 is 0 Å². The highest BCUT2D eigenvalue weighted by molar-refractivity contribution is 9.10. The molecule has 4 heteroatoms. The molecule has 1 N–H and O–H groups in total. The van der Waals surface area contributed by atoms with Crippen molar-refractivity contribution >= 4 is 21.8 Å². The maximum atomic E-state index is 12.1. The first-order chi connectivity index (χ1) is 10.1. The number of benzene rings is 2. The van der Waals surface area contributed by atoms with Gasteiger partial charge in [0.25, 0.3) is 5.91 Å². The fourth-order valence-corrected chi connectivity index (χ4v) is 2.73. The first-order valence-electron chi connectivity index (χ1n) is 6.77. The molecule has 0 aliphatic carbocycles. The largest absolute Gasteiger partial charge is 0.497 e. The smallest absolute Gasteiger partial charge is 0.251 e. The Kier molecular flexibility index (Phi) is 5.39.